The van der Waals surface area contributed by atoms with Crippen molar-refractivity contribution in [2.75, 3.05) is 6.16 Å². The number of esters is 1. The van der Waals surface area contributed by atoms with Crippen molar-refractivity contribution in [1.29, 1.82) is 0 Å². The maximum atomic E-state index is 14.5. The fraction of sp³-hybridized carbons (Fsp3) is 0.367. The molecule has 0 fully saturated rings. The first kappa shape index (κ1) is 30.0. The average molecular weight is 556 g/mol. The number of aryl methyl sites for hydroxylation is 1. The minimum absolute atomic E-state index is 0.0237. The highest BCUT2D eigenvalue weighted by atomic mass is 32.2. The minimum atomic E-state index is -3.43. The van der Waals surface area contributed by atoms with Gasteiger partial charge in [-0.05, 0) is 50.3 Å². The third-order valence-electron chi connectivity index (χ3n) is 5.99. The number of carbonyl (C=O) groups excluding carboxylic acids is 1. The third kappa shape index (κ3) is 9.95. The molecule has 1 N–H and O–H groups in total. The quantitative estimate of drug-likeness (QED) is 0.178. The Morgan fingerprint density at radius 1 is 0.842 bits per heavy atom. The summed E-state index contributed by atoms with van der Waals surface area (Å²) in [7, 11) is -4.94. The molecule has 0 aliphatic rings. The Morgan fingerprint density at radius 3 is 1.87 bits per heavy atom. The molecule has 204 valence electrons. The Kier molecular flexibility index (Phi) is 11.5. The van der Waals surface area contributed by atoms with E-state index in [4.69, 9.17) is 9.26 Å². The van der Waals surface area contributed by atoms with Crippen molar-refractivity contribution in [3.05, 3.63) is 108 Å². The molecule has 38 heavy (non-hydrogen) atoms. The van der Waals surface area contributed by atoms with Gasteiger partial charge in [-0.1, -0.05) is 91.0 Å². The van der Waals surface area contributed by atoms with E-state index in [1.807, 2.05) is 112 Å². The molecule has 6 nitrogen and oxygen atoms in total. The van der Waals surface area contributed by atoms with Crippen molar-refractivity contribution in [2.24, 2.45) is 0 Å². The second-order valence-electron chi connectivity index (χ2n) is 10.1. The highest BCUT2D eigenvalue weighted by molar-refractivity contribution is 7.84. The van der Waals surface area contributed by atoms with Crippen LogP contribution >= 0.6 is 7.37 Å². The fourth-order valence-corrected chi connectivity index (χ4v) is 7.43. The van der Waals surface area contributed by atoms with Gasteiger partial charge in [-0.15, -0.1) is 0 Å². The van der Waals surface area contributed by atoms with Gasteiger partial charge >= 0.3 is 5.97 Å². The molecule has 0 amide bonds. The third-order valence-corrected chi connectivity index (χ3v) is 10.5. The maximum absolute atomic E-state index is 14.5. The van der Waals surface area contributed by atoms with E-state index in [0.717, 1.165) is 16.7 Å². The molecule has 0 saturated carbocycles. The summed E-state index contributed by atoms with van der Waals surface area (Å²) in [5.41, 5.74) is 2.82. The molecule has 0 aliphatic carbocycles. The molecule has 0 radical (unpaired) electrons. The summed E-state index contributed by atoms with van der Waals surface area (Å²) in [5, 5.41) is 0. The van der Waals surface area contributed by atoms with Crippen LogP contribution in [0.15, 0.2) is 91.0 Å². The Hall–Kier alpha value is -2.57. The summed E-state index contributed by atoms with van der Waals surface area (Å²) in [5.74, 6) is -1.18. The molecule has 3 aromatic rings. The van der Waals surface area contributed by atoms with Gasteiger partial charge < -0.3 is 9.26 Å². The lowest BCUT2D eigenvalue weighted by Gasteiger charge is -2.30. The standard InChI is InChI=1S/C30H38NO5PS/c1-30(2,3)38(34)31-28(19-20-29(32)35-23-26-15-9-5-10-16-26)37(33,22-21-25-13-7-4-8-14-25)36-24-27-17-11-6-12-18-27/h4-18,28,31H,19-24H2,1-3H3/t28-,37?,38+/m1/s1. The summed E-state index contributed by atoms with van der Waals surface area (Å²) in [6.45, 7) is 5.87. The van der Waals surface area contributed by atoms with Crippen LogP contribution in [0.25, 0.3) is 0 Å². The van der Waals surface area contributed by atoms with Crippen molar-refractivity contribution in [3.8, 4) is 0 Å². The topological polar surface area (TPSA) is 81.7 Å². The van der Waals surface area contributed by atoms with Gasteiger partial charge in [0, 0.05) is 12.6 Å². The summed E-state index contributed by atoms with van der Waals surface area (Å²) in [6, 6.07) is 28.8. The lowest BCUT2D eigenvalue weighted by atomic mass is 10.2. The predicted molar refractivity (Wildman–Crippen MR) is 154 cm³/mol. The monoisotopic (exact) mass is 555 g/mol. The zero-order valence-corrected chi connectivity index (χ0v) is 24.1. The van der Waals surface area contributed by atoms with E-state index in [-0.39, 0.29) is 32.2 Å². The number of rotatable bonds is 14. The van der Waals surface area contributed by atoms with Gasteiger partial charge in [-0.3, -0.25) is 9.36 Å². The first-order valence-corrected chi connectivity index (χ1v) is 15.9. The molecule has 8 heteroatoms. The zero-order valence-electron chi connectivity index (χ0n) is 22.4. The molecule has 0 aliphatic heterocycles. The zero-order chi connectivity index (χ0) is 27.4. The molecular weight excluding hydrogens is 517 g/mol. The molecule has 0 saturated heterocycles. The molecule has 3 rings (SSSR count). The van der Waals surface area contributed by atoms with E-state index in [2.05, 4.69) is 4.72 Å². The summed E-state index contributed by atoms with van der Waals surface area (Å²) < 4.78 is 41.8. The number of hydrogen-bond donors (Lipinski definition) is 1. The van der Waals surface area contributed by atoms with Gasteiger partial charge in [-0.25, -0.2) is 8.93 Å². The van der Waals surface area contributed by atoms with Crippen LogP contribution in [0.5, 0.6) is 0 Å². The van der Waals surface area contributed by atoms with E-state index in [9.17, 15) is 13.6 Å². The van der Waals surface area contributed by atoms with E-state index in [1.54, 1.807) is 0 Å². The molecule has 0 spiro atoms. The fourth-order valence-electron chi connectivity index (χ4n) is 3.70. The Bertz CT molecular complexity index is 1150. The van der Waals surface area contributed by atoms with Crippen LogP contribution in [0.2, 0.25) is 0 Å². The largest absolute Gasteiger partial charge is 0.461 e. The van der Waals surface area contributed by atoms with Crippen molar-refractivity contribution in [3.63, 3.8) is 0 Å². The van der Waals surface area contributed by atoms with Gasteiger partial charge in [0.25, 0.3) is 0 Å². The molecule has 0 heterocycles. The Morgan fingerprint density at radius 2 is 1.34 bits per heavy atom. The van der Waals surface area contributed by atoms with E-state index in [1.165, 1.54) is 0 Å². The molecule has 3 aromatic carbocycles. The molecule has 3 atom stereocenters. The summed E-state index contributed by atoms with van der Waals surface area (Å²) >= 11 is 0. The molecular formula is C30H38NO5PS. The van der Waals surface area contributed by atoms with Crippen molar-refractivity contribution < 1.29 is 22.8 Å². The second-order valence-corrected chi connectivity index (χ2v) is 14.9. The number of hydrogen-bond acceptors (Lipinski definition) is 5. The number of ether oxygens (including phenoxy) is 1. The average Bonchev–Trinajstić information content (AvgIpc) is 2.93. The van der Waals surface area contributed by atoms with Crippen LogP contribution in [0, 0.1) is 0 Å². The smallest absolute Gasteiger partial charge is 0.306 e. The number of nitrogens with one attached hydrogen (secondary N) is 1. The lowest BCUT2D eigenvalue weighted by molar-refractivity contribution is -0.145. The van der Waals surface area contributed by atoms with Gasteiger partial charge in [0.05, 0.1) is 28.1 Å². The Balaban J connectivity index is 1.78. The van der Waals surface area contributed by atoms with Crippen LogP contribution in [0.3, 0.4) is 0 Å². The lowest BCUT2D eigenvalue weighted by Crippen LogP contribution is -2.40. The molecule has 1 unspecified atom stereocenters. The van der Waals surface area contributed by atoms with Crippen molar-refractivity contribution >= 4 is 24.3 Å². The van der Waals surface area contributed by atoms with Gasteiger partial charge in [0.2, 0.25) is 7.37 Å². The van der Waals surface area contributed by atoms with E-state index >= 15 is 0 Å². The maximum Gasteiger partial charge on any atom is 0.306 e. The minimum Gasteiger partial charge on any atom is -0.461 e. The summed E-state index contributed by atoms with van der Waals surface area (Å²) in [6.07, 6.45) is 0.986. The highest BCUT2D eigenvalue weighted by Gasteiger charge is 2.37. The van der Waals surface area contributed by atoms with Crippen LogP contribution in [0.4, 0.5) is 0 Å². The highest BCUT2D eigenvalue weighted by Crippen LogP contribution is 2.54. The predicted octanol–water partition coefficient (Wildman–Crippen LogP) is 6.63. The molecule has 0 bridgehead atoms. The van der Waals surface area contributed by atoms with Crippen molar-refractivity contribution in [1.82, 2.24) is 4.72 Å². The molecule has 0 aromatic heterocycles. The first-order valence-electron chi connectivity index (χ1n) is 12.8. The van der Waals surface area contributed by atoms with Crippen molar-refractivity contribution in [2.45, 2.75) is 63.8 Å². The SMILES string of the molecule is CC(C)(C)[S@](=O)N[C@@H](CCC(=O)OCc1ccccc1)P(=O)(CCc1ccccc1)OCc1ccccc1. The van der Waals surface area contributed by atoms with Crippen LogP contribution in [-0.4, -0.2) is 26.9 Å². The van der Waals surface area contributed by atoms with Crippen LogP contribution in [0.1, 0.15) is 50.3 Å². The van der Waals surface area contributed by atoms with Gasteiger partial charge in [0.15, 0.2) is 0 Å². The first-order chi connectivity index (χ1) is 18.2. The van der Waals surface area contributed by atoms with Crippen LogP contribution < -0.4 is 4.72 Å². The van der Waals surface area contributed by atoms with E-state index in [0.29, 0.717) is 6.42 Å². The van der Waals surface area contributed by atoms with Crippen LogP contribution in [-0.2, 0) is 49.2 Å². The van der Waals surface area contributed by atoms with E-state index < -0.39 is 34.9 Å². The number of benzene rings is 3. The number of carbonyl (C=O) groups is 1. The normalized spacial score (nSPS) is 14.8. The second kappa shape index (κ2) is 14.5. The summed E-state index contributed by atoms with van der Waals surface area (Å²) in [4.78, 5) is 12.6. The van der Waals surface area contributed by atoms with Gasteiger partial charge in [-0.2, -0.15) is 0 Å². The Labute approximate surface area is 229 Å². The van der Waals surface area contributed by atoms with Gasteiger partial charge in [0.1, 0.15) is 6.61 Å².